The van der Waals surface area contributed by atoms with Crippen LogP contribution in [0.5, 0.6) is 0 Å². The second kappa shape index (κ2) is 5.58. The Hall–Kier alpha value is -1.96. The van der Waals surface area contributed by atoms with E-state index in [9.17, 15) is 4.79 Å². The molecule has 0 N–H and O–H groups in total. The monoisotopic (exact) mass is 250 g/mol. The number of ether oxygens (including phenoxy) is 2. The van der Waals surface area contributed by atoms with E-state index in [0.717, 1.165) is 0 Å². The molecule has 0 aromatic carbocycles. The first-order chi connectivity index (χ1) is 8.42. The molecule has 0 amide bonds. The van der Waals surface area contributed by atoms with E-state index in [1.54, 1.807) is 13.0 Å². The smallest absolute Gasteiger partial charge is 0.348 e. The van der Waals surface area contributed by atoms with Crippen LogP contribution in [0.3, 0.4) is 0 Å². The highest BCUT2D eigenvalue weighted by atomic mass is 16.5. The van der Waals surface area contributed by atoms with Gasteiger partial charge in [-0.3, -0.25) is 0 Å². The fourth-order valence-electron chi connectivity index (χ4n) is 1.42. The normalized spacial score (nSPS) is 20.5. The Morgan fingerprint density at radius 3 is 2.78 bits per heavy atom. The van der Waals surface area contributed by atoms with Gasteiger partial charge in [0, 0.05) is 7.05 Å². The summed E-state index contributed by atoms with van der Waals surface area (Å²) in [6.07, 6.45) is 3.04. The van der Waals surface area contributed by atoms with Gasteiger partial charge < -0.3 is 14.4 Å². The van der Waals surface area contributed by atoms with E-state index >= 15 is 0 Å². The lowest BCUT2D eigenvalue weighted by molar-refractivity contribution is -0.138. The van der Waals surface area contributed by atoms with Gasteiger partial charge in [0.15, 0.2) is 5.88 Å². The summed E-state index contributed by atoms with van der Waals surface area (Å²) in [5.41, 5.74) is -0.123. The molecule has 0 aliphatic carbocycles. The van der Waals surface area contributed by atoms with Gasteiger partial charge in [-0.1, -0.05) is 0 Å². The Bertz CT molecular complexity index is 430. The predicted octanol–water partition coefficient (Wildman–Crippen LogP) is 1.58. The van der Waals surface area contributed by atoms with Gasteiger partial charge in [-0.05, 0) is 32.9 Å². The number of carbonyl (C=O) groups is 1. The third-order valence-electron chi connectivity index (χ3n) is 2.82. The van der Waals surface area contributed by atoms with Gasteiger partial charge in [0.25, 0.3) is 0 Å². The van der Waals surface area contributed by atoms with Crippen LogP contribution in [0.2, 0.25) is 0 Å². The van der Waals surface area contributed by atoms with E-state index in [1.807, 2.05) is 31.9 Å². The Kier molecular flexibility index (Phi) is 4.38. The third-order valence-corrected chi connectivity index (χ3v) is 2.82. The van der Waals surface area contributed by atoms with Crippen molar-refractivity contribution in [1.82, 2.24) is 4.90 Å². The van der Waals surface area contributed by atoms with Crippen LogP contribution in [0.15, 0.2) is 23.6 Å². The Morgan fingerprint density at radius 1 is 1.67 bits per heavy atom. The number of nitrogens with zero attached hydrogens (tertiary/aromatic N) is 2. The van der Waals surface area contributed by atoms with Gasteiger partial charge in [0.1, 0.15) is 18.2 Å². The zero-order chi connectivity index (χ0) is 13.8. The molecule has 98 valence electrons. The molecule has 5 nitrogen and oxygen atoms in total. The molecule has 1 aliphatic heterocycles. The molecule has 1 heterocycles. The molecule has 5 heteroatoms. The van der Waals surface area contributed by atoms with Crippen LogP contribution >= 0.6 is 0 Å². The summed E-state index contributed by atoms with van der Waals surface area (Å²) in [5.74, 6) is 0.0220. The number of likely N-dealkylation sites (N-methyl/N-ethyl adjacent to an activating group) is 1. The molecule has 18 heavy (non-hydrogen) atoms. The largest absolute Gasteiger partial charge is 0.477 e. The molecule has 0 unspecified atom stereocenters. The highest BCUT2D eigenvalue weighted by Crippen LogP contribution is 2.27. The zero-order valence-corrected chi connectivity index (χ0v) is 11.2. The van der Waals surface area contributed by atoms with Crippen LogP contribution in [0.25, 0.3) is 0 Å². The van der Waals surface area contributed by atoms with Crippen molar-refractivity contribution >= 4 is 5.97 Å². The van der Waals surface area contributed by atoms with Crippen LogP contribution in [-0.2, 0) is 14.3 Å². The average molecular weight is 250 g/mol. The fraction of sp³-hybridized carbons (Fsp3) is 0.538. The quantitative estimate of drug-likeness (QED) is 0.432. The molecule has 0 aromatic rings. The molecule has 0 aromatic heterocycles. The summed E-state index contributed by atoms with van der Waals surface area (Å²) in [4.78, 5) is 13.4. The molecular weight excluding hydrogens is 232 g/mol. The second-order valence-corrected chi connectivity index (χ2v) is 4.58. The first kappa shape index (κ1) is 14.1. The SMILES string of the molecule is CCOC(=O)/C(C#N)=C\C=C1\OCC(C)(C)N1C. The van der Waals surface area contributed by atoms with Crippen LogP contribution in [-0.4, -0.2) is 36.7 Å². The van der Waals surface area contributed by atoms with Gasteiger partial charge in [0.05, 0.1) is 12.1 Å². The third kappa shape index (κ3) is 3.04. The number of rotatable bonds is 3. The molecule has 1 saturated heterocycles. The summed E-state index contributed by atoms with van der Waals surface area (Å²) in [7, 11) is 1.91. The van der Waals surface area contributed by atoms with Crippen LogP contribution in [0, 0.1) is 11.3 Å². The lowest BCUT2D eigenvalue weighted by atomic mass is 10.1. The number of allylic oxidation sites excluding steroid dienone is 2. The molecule has 0 saturated carbocycles. The molecule has 0 radical (unpaired) electrons. The topological polar surface area (TPSA) is 62.6 Å². The van der Waals surface area contributed by atoms with Gasteiger partial charge in [-0.15, -0.1) is 0 Å². The van der Waals surface area contributed by atoms with E-state index in [4.69, 9.17) is 14.7 Å². The van der Waals surface area contributed by atoms with E-state index in [2.05, 4.69) is 0 Å². The van der Waals surface area contributed by atoms with Crippen molar-refractivity contribution in [2.24, 2.45) is 0 Å². The summed E-state index contributed by atoms with van der Waals surface area (Å²) < 4.78 is 10.3. The number of hydrogen-bond donors (Lipinski definition) is 0. The number of hydrogen-bond acceptors (Lipinski definition) is 5. The molecule has 0 spiro atoms. The minimum absolute atomic E-state index is 0.0361. The Morgan fingerprint density at radius 2 is 2.33 bits per heavy atom. The van der Waals surface area contributed by atoms with Crippen LogP contribution < -0.4 is 0 Å². The molecule has 1 fully saturated rings. The summed E-state index contributed by atoms with van der Waals surface area (Å²) in [6, 6.07) is 1.81. The highest BCUT2D eigenvalue weighted by molar-refractivity contribution is 5.93. The van der Waals surface area contributed by atoms with Crippen molar-refractivity contribution in [3.05, 3.63) is 23.6 Å². The molecule has 0 atom stereocenters. The Balaban J connectivity index is 2.85. The van der Waals surface area contributed by atoms with Gasteiger partial charge in [0.2, 0.25) is 0 Å². The van der Waals surface area contributed by atoms with Gasteiger partial charge >= 0.3 is 5.97 Å². The molecular formula is C13H18N2O3. The lowest BCUT2D eigenvalue weighted by Crippen LogP contribution is -2.36. The summed E-state index contributed by atoms with van der Waals surface area (Å²) in [5, 5.41) is 8.86. The van der Waals surface area contributed by atoms with Crippen molar-refractivity contribution < 1.29 is 14.3 Å². The van der Waals surface area contributed by atoms with Gasteiger partial charge in [-0.2, -0.15) is 5.26 Å². The van der Waals surface area contributed by atoms with E-state index < -0.39 is 5.97 Å². The zero-order valence-electron chi connectivity index (χ0n) is 11.2. The van der Waals surface area contributed by atoms with Crippen molar-refractivity contribution in [3.8, 4) is 6.07 Å². The molecule has 1 rings (SSSR count). The average Bonchev–Trinajstić information content (AvgIpc) is 2.57. The van der Waals surface area contributed by atoms with Crippen LogP contribution in [0.4, 0.5) is 0 Å². The van der Waals surface area contributed by atoms with Crippen molar-refractivity contribution in [1.29, 1.82) is 5.26 Å². The second-order valence-electron chi connectivity index (χ2n) is 4.58. The first-order valence-electron chi connectivity index (χ1n) is 5.78. The number of esters is 1. The number of nitriles is 1. The minimum Gasteiger partial charge on any atom is -0.477 e. The standard InChI is InChI=1S/C13H18N2O3/c1-5-17-12(16)10(8-14)6-7-11-15(4)13(2,3)9-18-11/h6-7H,5,9H2,1-4H3/b10-6-,11-7+. The maximum Gasteiger partial charge on any atom is 0.348 e. The lowest BCUT2D eigenvalue weighted by Gasteiger charge is -2.25. The van der Waals surface area contributed by atoms with Gasteiger partial charge in [-0.25, -0.2) is 4.79 Å². The Labute approximate surface area is 107 Å². The summed E-state index contributed by atoms with van der Waals surface area (Å²) >= 11 is 0. The van der Waals surface area contributed by atoms with Crippen molar-refractivity contribution in [3.63, 3.8) is 0 Å². The first-order valence-corrected chi connectivity index (χ1v) is 5.78. The van der Waals surface area contributed by atoms with Crippen molar-refractivity contribution in [2.45, 2.75) is 26.3 Å². The highest BCUT2D eigenvalue weighted by Gasteiger charge is 2.33. The maximum atomic E-state index is 11.4. The number of carbonyl (C=O) groups excluding carboxylic acids is 1. The summed E-state index contributed by atoms with van der Waals surface area (Å²) in [6.45, 7) is 6.62. The van der Waals surface area contributed by atoms with Crippen molar-refractivity contribution in [2.75, 3.05) is 20.3 Å². The maximum absolute atomic E-state index is 11.4. The van der Waals surface area contributed by atoms with E-state index in [0.29, 0.717) is 12.5 Å². The minimum atomic E-state index is -0.614. The fourth-order valence-corrected chi connectivity index (χ4v) is 1.42. The predicted molar refractivity (Wildman–Crippen MR) is 66.2 cm³/mol. The molecule has 0 bridgehead atoms. The van der Waals surface area contributed by atoms with Crippen LogP contribution in [0.1, 0.15) is 20.8 Å². The molecule has 1 aliphatic rings. The van der Waals surface area contributed by atoms with E-state index in [-0.39, 0.29) is 17.7 Å². The van der Waals surface area contributed by atoms with E-state index in [1.165, 1.54) is 6.08 Å².